The summed E-state index contributed by atoms with van der Waals surface area (Å²) in [6.07, 6.45) is 11.7. The van der Waals surface area contributed by atoms with Gasteiger partial charge >= 0.3 is 5.97 Å². The third-order valence-corrected chi connectivity index (χ3v) is 7.89. The number of ketones is 1. The van der Waals surface area contributed by atoms with E-state index in [1.54, 1.807) is 30.8 Å². The second kappa shape index (κ2) is 8.81. The molecule has 2 heterocycles. The molecule has 3 aliphatic carbocycles. The van der Waals surface area contributed by atoms with Crippen LogP contribution in [0, 0.1) is 11.8 Å². The Kier molecular flexibility index (Phi) is 5.88. The van der Waals surface area contributed by atoms with Gasteiger partial charge in [0.25, 0.3) is 0 Å². The molecule has 0 spiro atoms. The number of amides is 1. The summed E-state index contributed by atoms with van der Waals surface area (Å²) in [5.74, 6) is 0.574. The number of thiophene rings is 1. The number of carbonyl (C=O) groups excluding carboxylic acids is 3. The first kappa shape index (κ1) is 21.4. The highest BCUT2D eigenvalue weighted by molar-refractivity contribution is 7.17. The quantitative estimate of drug-likeness (QED) is 0.431. The number of aryl methyl sites for hydroxylation is 1. The third-order valence-electron chi connectivity index (χ3n) is 6.68. The number of aromatic nitrogens is 2. The SMILES string of the molecule is CCOC(=O)c1cn([C@H]2CCc3sc(NC(=O)C4CC4)c(C(=O)CCC4CC4)c3C2)cn1.[HH]. The van der Waals surface area contributed by atoms with Gasteiger partial charge < -0.3 is 14.6 Å². The van der Waals surface area contributed by atoms with E-state index in [0.717, 1.165) is 48.2 Å². The predicted molar refractivity (Wildman–Crippen MR) is 123 cm³/mol. The first-order valence-electron chi connectivity index (χ1n) is 11.7. The van der Waals surface area contributed by atoms with E-state index in [9.17, 15) is 14.4 Å². The minimum atomic E-state index is -0.417. The van der Waals surface area contributed by atoms with Crippen LogP contribution in [0.5, 0.6) is 0 Å². The monoisotopic (exact) mass is 457 g/mol. The van der Waals surface area contributed by atoms with Crippen LogP contribution in [0.2, 0.25) is 0 Å². The van der Waals surface area contributed by atoms with E-state index in [1.807, 2.05) is 4.57 Å². The lowest BCUT2D eigenvalue weighted by atomic mass is 9.89. The van der Waals surface area contributed by atoms with Gasteiger partial charge in [-0.25, -0.2) is 9.78 Å². The van der Waals surface area contributed by atoms with Gasteiger partial charge in [-0.15, -0.1) is 11.3 Å². The first-order valence-corrected chi connectivity index (χ1v) is 12.5. The van der Waals surface area contributed by atoms with Crippen LogP contribution in [0.15, 0.2) is 12.5 Å². The summed E-state index contributed by atoms with van der Waals surface area (Å²) in [5, 5.41) is 3.82. The van der Waals surface area contributed by atoms with E-state index in [4.69, 9.17) is 4.74 Å². The maximum Gasteiger partial charge on any atom is 0.358 e. The topological polar surface area (TPSA) is 90.3 Å². The number of hydrogen-bond donors (Lipinski definition) is 1. The van der Waals surface area contributed by atoms with Crippen molar-refractivity contribution in [2.45, 2.75) is 70.8 Å². The number of esters is 1. The van der Waals surface area contributed by atoms with E-state index >= 15 is 0 Å². The van der Waals surface area contributed by atoms with Gasteiger partial charge in [0.15, 0.2) is 11.5 Å². The number of ether oxygens (including phenoxy) is 1. The Morgan fingerprint density at radius 3 is 2.78 bits per heavy atom. The highest BCUT2D eigenvalue weighted by Gasteiger charge is 2.34. The maximum absolute atomic E-state index is 13.3. The van der Waals surface area contributed by atoms with Gasteiger partial charge in [-0.2, -0.15) is 0 Å². The number of nitrogens with one attached hydrogen (secondary N) is 1. The van der Waals surface area contributed by atoms with Gasteiger partial charge in [0.2, 0.25) is 5.91 Å². The van der Waals surface area contributed by atoms with Gasteiger partial charge in [0, 0.05) is 30.9 Å². The molecule has 1 amide bonds. The average Bonchev–Trinajstić information content (AvgIpc) is 3.71. The van der Waals surface area contributed by atoms with Crippen molar-refractivity contribution < 1.29 is 20.5 Å². The lowest BCUT2D eigenvalue weighted by Crippen LogP contribution is -2.19. The van der Waals surface area contributed by atoms with E-state index in [1.165, 1.54) is 17.7 Å². The maximum atomic E-state index is 13.3. The molecule has 0 saturated heterocycles. The second-order valence-electron chi connectivity index (χ2n) is 9.20. The summed E-state index contributed by atoms with van der Waals surface area (Å²) in [6, 6.07) is 0.120. The smallest absolute Gasteiger partial charge is 0.358 e. The molecule has 5 rings (SSSR count). The van der Waals surface area contributed by atoms with Crippen molar-refractivity contribution in [1.29, 1.82) is 0 Å². The van der Waals surface area contributed by atoms with E-state index in [-0.39, 0.29) is 25.1 Å². The molecule has 2 saturated carbocycles. The van der Waals surface area contributed by atoms with Crippen LogP contribution in [-0.2, 0) is 22.4 Å². The number of rotatable bonds is 9. The fraction of sp³-hybridized carbons (Fsp3) is 0.583. The Labute approximate surface area is 193 Å². The van der Waals surface area contributed by atoms with Crippen LogP contribution in [0.25, 0.3) is 0 Å². The normalized spacial score (nSPS) is 20.0. The van der Waals surface area contributed by atoms with Crippen LogP contribution < -0.4 is 5.32 Å². The average molecular weight is 458 g/mol. The summed E-state index contributed by atoms with van der Waals surface area (Å²) in [6.45, 7) is 2.09. The number of anilines is 1. The molecule has 1 N–H and O–H groups in total. The molecular formula is C24H31N3O4S. The molecule has 172 valence electrons. The number of imidazole rings is 1. The molecule has 0 aliphatic heterocycles. The largest absolute Gasteiger partial charge is 0.461 e. The summed E-state index contributed by atoms with van der Waals surface area (Å²) in [7, 11) is 0. The molecule has 2 aromatic heterocycles. The molecule has 0 aromatic carbocycles. The lowest BCUT2D eigenvalue weighted by molar-refractivity contribution is -0.117. The number of Topliss-reactive ketones (excluding diaryl/α,β-unsaturated/α-hetero) is 1. The Hall–Kier alpha value is -2.48. The van der Waals surface area contributed by atoms with Gasteiger partial charge in [0.05, 0.1) is 18.5 Å². The van der Waals surface area contributed by atoms with E-state index < -0.39 is 5.97 Å². The summed E-state index contributed by atoms with van der Waals surface area (Å²) >= 11 is 1.58. The van der Waals surface area contributed by atoms with Crippen molar-refractivity contribution >= 4 is 34.0 Å². The number of fused-ring (bicyclic) bond motifs is 1. The molecule has 2 fully saturated rings. The zero-order valence-corrected chi connectivity index (χ0v) is 19.2. The van der Waals surface area contributed by atoms with Gasteiger partial charge in [-0.3, -0.25) is 9.59 Å². The Morgan fingerprint density at radius 1 is 1.25 bits per heavy atom. The fourth-order valence-corrected chi connectivity index (χ4v) is 5.74. The van der Waals surface area contributed by atoms with E-state index in [2.05, 4.69) is 10.3 Å². The van der Waals surface area contributed by atoms with Crippen molar-refractivity contribution in [3.8, 4) is 0 Å². The molecule has 8 heteroatoms. The molecule has 0 unspecified atom stereocenters. The van der Waals surface area contributed by atoms with Crippen molar-refractivity contribution in [2.75, 3.05) is 11.9 Å². The van der Waals surface area contributed by atoms with Crippen molar-refractivity contribution in [2.24, 2.45) is 11.8 Å². The molecule has 32 heavy (non-hydrogen) atoms. The van der Waals surface area contributed by atoms with Crippen molar-refractivity contribution in [3.05, 3.63) is 34.2 Å². The molecule has 0 radical (unpaired) electrons. The van der Waals surface area contributed by atoms with Gasteiger partial charge in [-0.1, -0.05) is 12.8 Å². The number of nitrogens with zero attached hydrogens (tertiary/aromatic N) is 2. The van der Waals surface area contributed by atoms with E-state index in [0.29, 0.717) is 31.1 Å². The minimum Gasteiger partial charge on any atom is -0.461 e. The minimum absolute atomic E-state index is 0. The number of hydrogen-bond acceptors (Lipinski definition) is 6. The zero-order valence-electron chi connectivity index (χ0n) is 18.4. The predicted octanol–water partition coefficient (Wildman–Crippen LogP) is 4.82. The summed E-state index contributed by atoms with van der Waals surface area (Å²) < 4.78 is 7.02. The fourth-order valence-electron chi connectivity index (χ4n) is 4.48. The van der Waals surface area contributed by atoms with Crippen LogP contribution in [0.4, 0.5) is 5.00 Å². The summed E-state index contributed by atoms with van der Waals surface area (Å²) in [5.41, 5.74) is 2.11. The standard InChI is InChI=1S/C24H29N3O4S.H2/c1-2-31-24(30)18-12-27(13-25-18)16-8-10-20-17(11-16)21(19(28)9-5-14-3-4-14)23(32-20)26-22(29)15-6-7-15;/h12-16H,2-11H2,1H3,(H,26,29);1H/t16-;/m0./s1. The molecule has 0 bridgehead atoms. The van der Waals surface area contributed by atoms with Gasteiger partial charge in [-0.05, 0) is 56.9 Å². The molecule has 2 aromatic rings. The Morgan fingerprint density at radius 2 is 2.06 bits per heavy atom. The van der Waals surface area contributed by atoms with Crippen LogP contribution in [-0.4, -0.2) is 33.8 Å². The lowest BCUT2D eigenvalue weighted by Gasteiger charge is -2.24. The molecule has 1 atom stereocenters. The number of carbonyl (C=O) groups is 3. The second-order valence-corrected chi connectivity index (χ2v) is 10.3. The van der Waals surface area contributed by atoms with Gasteiger partial charge in [0.1, 0.15) is 5.00 Å². The molecular weight excluding hydrogens is 426 g/mol. The zero-order chi connectivity index (χ0) is 22.2. The van der Waals surface area contributed by atoms with Crippen LogP contribution >= 0.6 is 11.3 Å². The Balaban J connectivity index is 0.00000259. The Bertz CT molecular complexity index is 1050. The molecule has 3 aliphatic rings. The van der Waals surface area contributed by atoms with Crippen LogP contribution in [0.3, 0.4) is 0 Å². The first-order chi connectivity index (χ1) is 15.5. The highest BCUT2D eigenvalue weighted by Crippen LogP contribution is 2.43. The van der Waals surface area contributed by atoms with Crippen molar-refractivity contribution in [1.82, 2.24) is 9.55 Å². The van der Waals surface area contributed by atoms with Crippen molar-refractivity contribution in [3.63, 3.8) is 0 Å². The molecule has 7 nitrogen and oxygen atoms in total. The summed E-state index contributed by atoms with van der Waals surface area (Å²) in [4.78, 5) is 43.2. The third kappa shape index (κ3) is 4.51. The highest BCUT2D eigenvalue weighted by atomic mass is 32.1. The van der Waals surface area contributed by atoms with Crippen LogP contribution in [0.1, 0.15) is 90.6 Å².